The molecule has 0 radical (unpaired) electrons. The Morgan fingerprint density at radius 2 is 2.42 bits per heavy atom. The van der Waals surface area contributed by atoms with Gasteiger partial charge in [0.05, 0.1) is 5.56 Å². The number of hydrogen-bond acceptors (Lipinski definition) is 4. The fourth-order valence-corrected chi connectivity index (χ4v) is 2.34. The maximum Gasteiger partial charge on any atom is 0.254 e. The molecule has 0 spiro atoms. The first kappa shape index (κ1) is 13.7. The van der Waals surface area contributed by atoms with E-state index < -0.39 is 11.7 Å². The smallest absolute Gasteiger partial charge is 0.254 e. The van der Waals surface area contributed by atoms with Crippen LogP contribution in [0.4, 0.5) is 10.2 Å². The Bertz CT molecular complexity index is 466. The first-order valence-corrected chi connectivity index (χ1v) is 6.44. The van der Waals surface area contributed by atoms with Crippen LogP contribution in [0.2, 0.25) is 0 Å². The normalized spacial score (nSPS) is 19.4. The lowest BCUT2D eigenvalue weighted by Crippen LogP contribution is -2.38. The van der Waals surface area contributed by atoms with E-state index in [9.17, 15) is 9.18 Å². The van der Waals surface area contributed by atoms with Gasteiger partial charge in [-0.1, -0.05) is 0 Å². The Kier molecular flexibility index (Phi) is 4.31. The summed E-state index contributed by atoms with van der Waals surface area (Å²) in [5.41, 5.74) is 0.0278. The van der Waals surface area contributed by atoms with Gasteiger partial charge in [-0.05, 0) is 32.5 Å². The molecule has 2 N–H and O–H groups in total. The quantitative estimate of drug-likeness (QED) is 0.856. The number of carbonyl (C=O) groups is 1. The summed E-state index contributed by atoms with van der Waals surface area (Å²) in [6.07, 6.45) is 3.63. The monoisotopic (exact) mass is 266 g/mol. The van der Waals surface area contributed by atoms with Crippen LogP contribution in [-0.2, 0) is 0 Å². The second kappa shape index (κ2) is 5.97. The minimum absolute atomic E-state index is 0.0278. The lowest BCUT2D eigenvalue weighted by Gasteiger charge is -2.19. The summed E-state index contributed by atoms with van der Waals surface area (Å²) in [4.78, 5) is 18.0. The number of nitrogens with zero attached hydrogens (tertiary/aromatic N) is 2. The van der Waals surface area contributed by atoms with Crippen molar-refractivity contribution in [1.82, 2.24) is 15.2 Å². The SMILES string of the molecule is CNc1nccc(C(=O)NCC2CCCN2C)c1F. The zero-order valence-electron chi connectivity index (χ0n) is 11.2. The Morgan fingerprint density at radius 3 is 3.05 bits per heavy atom. The maximum atomic E-state index is 13.9. The van der Waals surface area contributed by atoms with E-state index >= 15 is 0 Å². The molecule has 104 valence electrons. The highest BCUT2D eigenvalue weighted by Crippen LogP contribution is 2.16. The molecule has 6 heteroatoms. The number of halogens is 1. The number of amides is 1. The van der Waals surface area contributed by atoms with Crippen molar-refractivity contribution in [3.8, 4) is 0 Å². The van der Waals surface area contributed by atoms with E-state index in [4.69, 9.17) is 0 Å². The average molecular weight is 266 g/mol. The third kappa shape index (κ3) is 3.01. The fraction of sp³-hybridized carbons (Fsp3) is 0.538. The van der Waals surface area contributed by atoms with Gasteiger partial charge in [0.1, 0.15) is 0 Å². The highest BCUT2D eigenvalue weighted by Gasteiger charge is 2.22. The van der Waals surface area contributed by atoms with Crippen LogP contribution in [-0.4, -0.2) is 49.0 Å². The van der Waals surface area contributed by atoms with E-state index in [1.54, 1.807) is 7.05 Å². The largest absolute Gasteiger partial charge is 0.371 e. The Morgan fingerprint density at radius 1 is 1.63 bits per heavy atom. The second-order valence-corrected chi connectivity index (χ2v) is 4.76. The molecule has 1 aromatic rings. The van der Waals surface area contributed by atoms with Gasteiger partial charge in [0.25, 0.3) is 5.91 Å². The molecule has 5 nitrogen and oxygen atoms in total. The van der Waals surface area contributed by atoms with Crippen LogP contribution in [0.5, 0.6) is 0 Å². The molecule has 2 rings (SSSR count). The highest BCUT2D eigenvalue weighted by atomic mass is 19.1. The summed E-state index contributed by atoms with van der Waals surface area (Å²) < 4.78 is 13.9. The number of likely N-dealkylation sites (tertiary alicyclic amines) is 1. The number of anilines is 1. The molecule has 19 heavy (non-hydrogen) atoms. The number of carbonyl (C=O) groups excluding carboxylic acids is 1. The van der Waals surface area contributed by atoms with E-state index in [1.165, 1.54) is 12.3 Å². The summed E-state index contributed by atoms with van der Waals surface area (Å²) in [7, 11) is 3.61. The summed E-state index contributed by atoms with van der Waals surface area (Å²) in [6.45, 7) is 1.60. The molecule has 0 aliphatic carbocycles. The molecule has 2 heterocycles. The molecule has 0 aromatic carbocycles. The third-order valence-corrected chi connectivity index (χ3v) is 3.54. The molecule has 1 saturated heterocycles. The lowest BCUT2D eigenvalue weighted by molar-refractivity contribution is 0.0939. The first-order chi connectivity index (χ1) is 9.13. The minimum atomic E-state index is -0.609. The van der Waals surface area contributed by atoms with Gasteiger partial charge in [0.15, 0.2) is 11.6 Å². The summed E-state index contributed by atoms with van der Waals surface area (Å²) >= 11 is 0. The van der Waals surface area contributed by atoms with Crippen molar-refractivity contribution in [3.05, 3.63) is 23.6 Å². The Labute approximate surface area is 112 Å². The molecule has 0 bridgehead atoms. The second-order valence-electron chi connectivity index (χ2n) is 4.76. The van der Waals surface area contributed by atoms with Crippen LogP contribution >= 0.6 is 0 Å². The highest BCUT2D eigenvalue weighted by molar-refractivity contribution is 5.95. The average Bonchev–Trinajstić information content (AvgIpc) is 2.82. The van der Waals surface area contributed by atoms with Crippen molar-refractivity contribution in [2.75, 3.05) is 32.5 Å². The summed E-state index contributed by atoms with van der Waals surface area (Å²) in [6, 6.07) is 1.74. The van der Waals surface area contributed by atoms with Crippen molar-refractivity contribution in [1.29, 1.82) is 0 Å². The van der Waals surface area contributed by atoms with Gasteiger partial charge < -0.3 is 15.5 Å². The third-order valence-electron chi connectivity index (χ3n) is 3.54. The number of likely N-dealkylation sites (N-methyl/N-ethyl adjacent to an activating group) is 1. The predicted molar refractivity (Wildman–Crippen MR) is 71.7 cm³/mol. The lowest BCUT2D eigenvalue weighted by atomic mass is 10.2. The van der Waals surface area contributed by atoms with Crippen molar-refractivity contribution < 1.29 is 9.18 Å². The van der Waals surface area contributed by atoms with Gasteiger partial charge in [-0.2, -0.15) is 0 Å². The zero-order chi connectivity index (χ0) is 13.8. The van der Waals surface area contributed by atoms with Gasteiger partial charge >= 0.3 is 0 Å². The van der Waals surface area contributed by atoms with Crippen LogP contribution in [0.15, 0.2) is 12.3 Å². The molecule has 1 fully saturated rings. The van der Waals surface area contributed by atoms with E-state index in [1.807, 2.05) is 7.05 Å². The van der Waals surface area contributed by atoms with Crippen molar-refractivity contribution in [2.24, 2.45) is 0 Å². The summed E-state index contributed by atoms with van der Waals surface area (Å²) in [5, 5.41) is 5.41. The summed E-state index contributed by atoms with van der Waals surface area (Å²) in [5.74, 6) is -0.912. The van der Waals surface area contributed by atoms with Crippen molar-refractivity contribution in [3.63, 3.8) is 0 Å². The van der Waals surface area contributed by atoms with E-state index in [2.05, 4.69) is 20.5 Å². The van der Waals surface area contributed by atoms with Crippen LogP contribution in [0, 0.1) is 5.82 Å². The molecule has 1 atom stereocenters. The fourth-order valence-electron chi connectivity index (χ4n) is 2.34. The molecule has 1 unspecified atom stereocenters. The van der Waals surface area contributed by atoms with E-state index in [-0.39, 0.29) is 11.4 Å². The van der Waals surface area contributed by atoms with Crippen molar-refractivity contribution >= 4 is 11.7 Å². The standard InChI is InChI=1S/C13H19FN4O/c1-15-12-11(14)10(5-6-16-12)13(19)17-8-9-4-3-7-18(9)2/h5-6,9H,3-4,7-8H2,1-2H3,(H,15,16)(H,17,19). The van der Waals surface area contributed by atoms with Gasteiger partial charge in [0, 0.05) is 25.8 Å². The van der Waals surface area contributed by atoms with Gasteiger partial charge in [-0.15, -0.1) is 0 Å². The number of nitrogens with one attached hydrogen (secondary N) is 2. The molecule has 1 aliphatic rings. The molecule has 1 aliphatic heterocycles. The van der Waals surface area contributed by atoms with Crippen molar-refractivity contribution in [2.45, 2.75) is 18.9 Å². The van der Waals surface area contributed by atoms with Gasteiger partial charge in [0.2, 0.25) is 0 Å². The van der Waals surface area contributed by atoms with Gasteiger partial charge in [-0.25, -0.2) is 9.37 Å². The topological polar surface area (TPSA) is 57.3 Å². The molecular formula is C13H19FN4O. The van der Waals surface area contributed by atoms with Crippen LogP contribution in [0.3, 0.4) is 0 Å². The predicted octanol–water partition coefficient (Wildman–Crippen LogP) is 1.09. The van der Waals surface area contributed by atoms with E-state index in [0.29, 0.717) is 12.6 Å². The molecular weight excluding hydrogens is 247 g/mol. The van der Waals surface area contributed by atoms with E-state index in [0.717, 1.165) is 19.4 Å². The van der Waals surface area contributed by atoms with Crippen LogP contribution in [0.1, 0.15) is 23.2 Å². The van der Waals surface area contributed by atoms with Gasteiger partial charge in [-0.3, -0.25) is 4.79 Å². The van der Waals surface area contributed by atoms with Crippen LogP contribution < -0.4 is 10.6 Å². The Balaban J connectivity index is 2.00. The maximum absolute atomic E-state index is 13.9. The number of pyridine rings is 1. The number of aromatic nitrogens is 1. The Hall–Kier alpha value is -1.69. The number of hydrogen-bond donors (Lipinski definition) is 2. The molecule has 0 saturated carbocycles. The van der Waals surface area contributed by atoms with Crippen LogP contribution in [0.25, 0.3) is 0 Å². The number of rotatable bonds is 4. The zero-order valence-corrected chi connectivity index (χ0v) is 11.2. The first-order valence-electron chi connectivity index (χ1n) is 6.44. The minimum Gasteiger partial charge on any atom is -0.371 e. The molecule has 1 amide bonds. The molecule has 1 aromatic heterocycles.